The number of aliphatic hydroxyl groups is 1. The quantitative estimate of drug-likeness (QED) is 0.637. The van der Waals surface area contributed by atoms with Gasteiger partial charge >= 0.3 is 6.03 Å². The van der Waals surface area contributed by atoms with E-state index >= 15 is 0 Å². The van der Waals surface area contributed by atoms with Crippen LogP contribution in [-0.4, -0.2) is 41.4 Å². The van der Waals surface area contributed by atoms with Gasteiger partial charge < -0.3 is 15.7 Å². The molecule has 3 N–H and O–H groups in total. The highest BCUT2D eigenvalue weighted by Crippen LogP contribution is 2.32. The summed E-state index contributed by atoms with van der Waals surface area (Å²) in [7, 11) is 0. The molecule has 0 aromatic heterocycles. The second-order valence-corrected chi connectivity index (χ2v) is 8.83. The molecule has 1 aliphatic heterocycles. The van der Waals surface area contributed by atoms with Gasteiger partial charge in [-0.1, -0.05) is 56.9 Å². The van der Waals surface area contributed by atoms with Gasteiger partial charge in [-0.05, 0) is 38.0 Å². The average molecular weight is 402 g/mol. The molecule has 160 valence electrons. The molecule has 0 bridgehead atoms. The Morgan fingerprint density at radius 1 is 1.34 bits per heavy atom. The van der Waals surface area contributed by atoms with Crippen LogP contribution >= 0.6 is 0 Å². The Hall–Kier alpha value is -1.95. The van der Waals surface area contributed by atoms with Gasteiger partial charge in [0, 0.05) is 18.2 Å². The van der Waals surface area contributed by atoms with Crippen LogP contribution in [0.5, 0.6) is 0 Å². The third-order valence-electron chi connectivity index (χ3n) is 6.72. The van der Waals surface area contributed by atoms with Gasteiger partial charge in [0.1, 0.15) is 0 Å². The third-order valence-corrected chi connectivity index (χ3v) is 6.72. The molecular weight excluding hydrogens is 366 g/mol. The van der Waals surface area contributed by atoms with Gasteiger partial charge in [0.05, 0.1) is 18.1 Å². The highest BCUT2D eigenvalue weighted by Gasteiger charge is 2.42. The Morgan fingerprint density at radius 2 is 2.07 bits per heavy atom. The Labute approximate surface area is 173 Å². The fourth-order valence-corrected chi connectivity index (χ4v) is 4.97. The molecule has 3 rings (SSSR count). The Balaban J connectivity index is 1.74. The summed E-state index contributed by atoms with van der Waals surface area (Å²) in [4.78, 5) is 29.5. The van der Waals surface area contributed by atoms with Crippen molar-refractivity contribution in [1.29, 1.82) is 0 Å². The van der Waals surface area contributed by atoms with Crippen LogP contribution < -0.4 is 10.6 Å². The number of aliphatic hydroxyl groups excluding tert-OH is 1. The summed E-state index contributed by atoms with van der Waals surface area (Å²) in [6.45, 7) is 6.32. The number of amides is 3. The fraction of sp³-hybridized carbons (Fsp3) is 0.696. The smallest absolute Gasteiger partial charge is 0.341 e. The minimum Gasteiger partial charge on any atom is -0.391 e. The van der Waals surface area contributed by atoms with Gasteiger partial charge in [0.2, 0.25) is 5.91 Å². The summed E-state index contributed by atoms with van der Waals surface area (Å²) in [5.41, 5.74) is 1.76. The number of hydrogen-bond donors (Lipinski definition) is 3. The molecule has 1 fully saturated rings. The van der Waals surface area contributed by atoms with Crippen molar-refractivity contribution in [2.45, 2.75) is 71.4 Å². The van der Waals surface area contributed by atoms with Crippen LogP contribution in [0.1, 0.15) is 59.3 Å². The van der Waals surface area contributed by atoms with Gasteiger partial charge in [0.25, 0.3) is 0 Å². The first-order valence-corrected chi connectivity index (χ1v) is 11.1. The normalized spacial score (nSPS) is 31.5. The van der Waals surface area contributed by atoms with Crippen LogP contribution in [0.2, 0.25) is 0 Å². The van der Waals surface area contributed by atoms with E-state index in [0.717, 1.165) is 31.3 Å². The maximum Gasteiger partial charge on any atom is 0.341 e. The molecule has 0 aromatic carbocycles. The van der Waals surface area contributed by atoms with Crippen molar-refractivity contribution < 1.29 is 14.7 Å². The van der Waals surface area contributed by atoms with E-state index in [1.807, 2.05) is 13.8 Å². The molecular formula is C23H35N3O3. The molecule has 0 saturated heterocycles. The first kappa shape index (κ1) is 21.8. The molecule has 6 heteroatoms. The summed E-state index contributed by atoms with van der Waals surface area (Å²) in [6, 6.07) is -0.706. The van der Waals surface area contributed by atoms with Gasteiger partial charge in [0.15, 0.2) is 0 Å². The SMILES string of the molecule is CCC1=NC(=O)NC(C2C=C(C)C=CC2C)C1C(=O)NCC(O)C1CCCCC1. The standard InChI is InChI=1S/C23H35N3O3/c1-4-18-20(22(28)24-13-19(27)16-8-6-5-7-9-16)21(26-23(29)25-18)17-12-14(2)10-11-15(17)3/h10-12,15-17,19-21,27H,4-9,13H2,1-3H3,(H,24,28)(H,26,29). The number of allylic oxidation sites excluding steroid dienone is 3. The molecule has 3 aliphatic rings. The molecule has 0 aromatic rings. The van der Waals surface area contributed by atoms with E-state index in [1.54, 1.807) is 0 Å². The van der Waals surface area contributed by atoms with E-state index in [9.17, 15) is 14.7 Å². The van der Waals surface area contributed by atoms with Crippen LogP contribution in [0.25, 0.3) is 0 Å². The molecule has 1 heterocycles. The van der Waals surface area contributed by atoms with Gasteiger partial charge in [-0.25, -0.2) is 9.79 Å². The number of urea groups is 1. The third kappa shape index (κ3) is 5.16. The first-order chi connectivity index (χ1) is 13.9. The van der Waals surface area contributed by atoms with E-state index in [0.29, 0.717) is 12.1 Å². The Morgan fingerprint density at radius 3 is 2.76 bits per heavy atom. The predicted octanol–water partition coefficient (Wildman–Crippen LogP) is 3.37. The molecule has 3 amide bonds. The van der Waals surface area contributed by atoms with Gasteiger partial charge in [-0.2, -0.15) is 0 Å². The molecule has 1 saturated carbocycles. The highest BCUT2D eigenvalue weighted by atomic mass is 16.3. The maximum absolute atomic E-state index is 13.2. The second-order valence-electron chi connectivity index (χ2n) is 8.83. The van der Waals surface area contributed by atoms with E-state index < -0.39 is 12.0 Å². The topological polar surface area (TPSA) is 90.8 Å². The van der Waals surface area contributed by atoms with Crippen LogP contribution in [0.3, 0.4) is 0 Å². The van der Waals surface area contributed by atoms with Crippen LogP contribution in [0.4, 0.5) is 4.79 Å². The zero-order valence-electron chi connectivity index (χ0n) is 17.9. The zero-order chi connectivity index (χ0) is 21.0. The number of carbonyl (C=O) groups is 2. The van der Waals surface area contributed by atoms with E-state index in [2.05, 4.69) is 40.8 Å². The molecule has 0 radical (unpaired) electrons. The lowest BCUT2D eigenvalue weighted by Crippen LogP contribution is -2.57. The largest absolute Gasteiger partial charge is 0.391 e. The summed E-state index contributed by atoms with van der Waals surface area (Å²) in [6.07, 6.45) is 12.0. The minimum absolute atomic E-state index is 0.0278. The number of hydrogen-bond acceptors (Lipinski definition) is 3. The zero-order valence-corrected chi connectivity index (χ0v) is 17.9. The number of aliphatic imine (C=N–C) groups is 1. The van der Waals surface area contributed by atoms with Crippen molar-refractivity contribution in [3.63, 3.8) is 0 Å². The van der Waals surface area contributed by atoms with E-state index in [-0.39, 0.29) is 42.3 Å². The summed E-state index contributed by atoms with van der Waals surface area (Å²) in [5, 5.41) is 16.5. The number of nitrogens with one attached hydrogen (secondary N) is 2. The van der Waals surface area contributed by atoms with Gasteiger partial charge in [-0.3, -0.25) is 4.79 Å². The average Bonchev–Trinajstić information content (AvgIpc) is 2.73. The van der Waals surface area contributed by atoms with Crippen LogP contribution in [-0.2, 0) is 4.79 Å². The molecule has 0 spiro atoms. The lowest BCUT2D eigenvalue weighted by Gasteiger charge is -2.38. The summed E-state index contributed by atoms with van der Waals surface area (Å²) < 4.78 is 0. The number of nitrogens with zero attached hydrogens (tertiary/aromatic N) is 1. The monoisotopic (exact) mass is 401 g/mol. The highest BCUT2D eigenvalue weighted by molar-refractivity contribution is 6.10. The van der Waals surface area contributed by atoms with E-state index in [4.69, 9.17) is 0 Å². The molecule has 5 atom stereocenters. The van der Waals surface area contributed by atoms with Crippen molar-refractivity contribution in [3.05, 3.63) is 23.8 Å². The lowest BCUT2D eigenvalue weighted by atomic mass is 9.74. The second kappa shape index (κ2) is 9.70. The summed E-state index contributed by atoms with van der Waals surface area (Å²) in [5.74, 6) is -0.167. The molecule has 2 aliphatic carbocycles. The number of carbonyl (C=O) groups excluding carboxylic acids is 2. The summed E-state index contributed by atoms with van der Waals surface area (Å²) >= 11 is 0. The fourth-order valence-electron chi connectivity index (χ4n) is 4.97. The first-order valence-electron chi connectivity index (χ1n) is 11.1. The molecule has 6 nitrogen and oxygen atoms in total. The Bertz CT molecular complexity index is 706. The predicted molar refractivity (Wildman–Crippen MR) is 115 cm³/mol. The van der Waals surface area contributed by atoms with E-state index in [1.165, 1.54) is 6.42 Å². The van der Waals surface area contributed by atoms with Crippen molar-refractivity contribution in [2.75, 3.05) is 6.54 Å². The molecule has 29 heavy (non-hydrogen) atoms. The van der Waals surface area contributed by atoms with Gasteiger partial charge in [-0.15, -0.1) is 0 Å². The molecule has 5 unspecified atom stereocenters. The van der Waals surface area contributed by atoms with Crippen molar-refractivity contribution >= 4 is 17.6 Å². The van der Waals surface area contributed by atoms with Crippen molar-refractivity contribution in [2.24, 2.45) is 28.7 Å². The minimum atomic E-state index is -0.517. The van der Waals surface area contributed by atoms with Crippen molar-refractivity contribution in [3.8, 4) is 0 Å². The lowest BCUT2D eigenvalue weighted by molar-refractivity contribution is -0.124. The Kier molecular flexibility index (Phi) is 7.28. The van der Waals surface area contributed by atoms with Crippen LogP contribution in [0.15, 0.2) is 28.8 Å². The maximum atomic E-state index is 13.2. The van der Waals surface area contributed by atoms with Crippen molar-refractivity contribution in [1.82, 2.24) is 10.6 Å². The van der Waals surface area contributed by atoms with Crippen LogP contribution in [0, 0.1) is 23.7 Å². The number of rotatable bonds is 6.